The number of benzene rings is 2. The molecule has 3 nitrogen and oxygen atoms in total. The molecule has 0 saturated heterocycles. The second kappa shape index (κ2) is 5.40. The predicted octanol–water partition coefficient (Wildman–Crippen LogP) is 3.51. The van der Waals surface area contributed by atoms with Gasteiger partial charge in [-0.3, -0.25) is 4.79 Å². The number of carbonyl (C=O) groups is 1. The van der Waals surface area contributed by atoms with Gasteiger partial charge in [-0.15, -0.1) is 0 Å². The highest BCUT2D eigenvalue weighted by molar-refractivity contribution is 9.10. The van der Waals surface area contributed by atoms with E-state index in [9.17, 15) is 23.1 Å². The monoisotopic (exact) mass is 372 g/mol. The summed E-state index contributed by atoms with van der Waals surface area (Å²) in [7, 11) is 0. The Morgan fingerprint density at radius 1 is 1.23 bits per heavy atom. The van der Waals surface area contributed by atoms with E-state index in [1.807, 2.05) is 0 Å². The lowest BCUT2D eigenvalue weighted by atomic mass is 10.1. The van der Waals surface area contributed by atoms with Gasteiger partial charge in [-0.1, -0.05) is 28.1 Å². The van der Waals surface area contributed by atoms with E-state index in [1.165, 1.54) is 12.1 Å². The minimum Gasteiger partial charge on any atom is -0.369 e. The van der Waals surface area contributed by atoms with Gasteiger partial charge in [0.25, 0.3) is 5.91 Å². The molecule has 1 N–H and O–H groups in total. The zero-order valence-electron chi connectivity index (χ0n) is 11.9. The molecule has 0 aromatic heterocycles. The maximum Gasteiger partial charge on any atom is 0.259 e. The quantitative estimate of drug-likeness (QED) is 0.876. The smallest absolute Gasteiger partial charge is 0.259 e. The van der Waals surface area contributed by atoms with Crippen molar-refractivity contribution in [1.29, 1.82) is 0 Å². The Morgan fingerprint density at radius 2 is 1.86 bits per heavy atom. The van der Waals surface area contributed by atoms with Crippen molar-refractivity contribution < 1.29 is 24.4 Å². The van der Waals surface area contributed by atoms with Crippen molar-refractivity contribution in [3.8, 4) is 0 Å². The molecule has 1 heterocycles. The standard InChI is InChI=1S/C15H9BrF3NO2/c16-7-4-11(18)9(12(19)5-7)6-20-14(21)8-2-1-3-10(17)13(8)15(20)22/h1-5,14,21H,6H2/i14D. The van der Waals surface area contributed by atoms with Gasteiger partial charge in [0.15, 0.2) is 6.20 Å². The number of fused-ring (bicyclic) bond motifs is 1. The Bertz CT molecular complexity index is 805. The van der Waals surface area contributed by atoms with Crippen molar-refractivity contribution in [2.45, 2.75) is 12.7 Å². The van der Waals surface area contributed by atoms with Crippen LogP contribution in [0.4, 0.5) is 13.2 Å². The van der Waals surface area contributed by atoms with E-state index >= 15 is 0 Å². The second-order valence-corrected chi connectivity index (χ2v) is 5.64. The molecule has 2 aromatic rings. The van der Waals surface area contributed by atoms with Gasteiger partial charge < -0.3 is 10.0 Å². The molecule has 1 unspecified atom stereocenters. The number of nitrogens with zero attached hydrogens (tertiary/aromatic N) is 1. The SMILES string of the molecule is [2H]C1(O)c2cccc(F)c2C(=O)N1Cc1c(F)cc(Br)cc1F. The van der Waals surface area contributed by atoms with Gasteiger partial charge >= 0.3 is 0 Å². The third-order valence-corrected chi connectivity index (χ3v) is 3.85. The molecule has 1 amide bonds. The summed E-state index contributed by atoms with van der Waals surface area (Å²) in [5, 5.41) is 10.2. The molecule has 114 valence electrons. The minimum absolute atomic E-state index is 0.166. The number of halogens is 4. The first-order valence-electron chi connectivity index (χ1n) is 6.70. The van der Waals surface area contributed by atoms with Crippen molar-refractivity contribution in [3.63, 3.8) is 0 Å². The lowest BCUT2D eigenvalue weighted by molar-refractivity contribution is 0.0129. The largest absolute Gasteiger partial charge is 0.369 e. The van der Waals surface area contributed by atoms with E-state index in [2.05, 4.69) is 15.9 Å². The van der Waals surface area contributed by atoms with E-state index in [-0.39, 0.29) is 10.0 Å². The Kier molecular flexibility index (Phi) is 3.38. The van der Waals surface area contributed by atoms with E-state index in [4.69, 9.17) is 1.37 Å². The highest BCUT2D eigenvalue weighted by Crippen LogP contribution is 2.35. The summed E-state index contributed by atoms with van der Waals surface area (Å²) < 4.78 is 49.8. The van der Waals surface area contributed by atoms with Crippen LogP contribution < -0.4 is 0 Å². The van der Waals surface area contributed by atoms with Gasteiger partial charge in [0, 0.05) is 15.6 Å². The molecule has 22 heavy (non-hydrogen) atoms. The van der Waals surface area contributed by atoms with Crippen LogP contribution in [0.25, 0.3) is 0 Å². The number of rotatable bonds is 2. The van der Waals surface area contributed by atoms with Gasteiger partial charge in [-0.2, -0.15) is 0 Å². The van der Waals surface area contributed by atoms with Crippen LogP contribution in [0.2, 0.25) is 0 Å². The molecule has 3 rings (SSSR count). The maximum atomic E-state index is 13.9. The zero-order chi connectivity index (χ0) is 16.9. The van der Waals surface area contributed by atoms with Crippen LogP contribution >= 0.6 is 15.9 Å². The molecule has 1 aliphatic heterocycles. The average molecular weight is 373 g/mol. The molecule has 1 atom stereocenters. The predicted molar refractivity (Wildman–Crippen MR) is 75.3 cm³/mol. The summed E-state index contributed by atoms with van der Waals surface area (Å²) in [6.07, 6.45) is -2.61. The summed E-state index contributed by atoms with van der Waals surface area (Å²) in [5.74, 6) is -3.80. The zero-order valence-corrected chi connectivity index (χ0v) is 12.5. The van der Waals surface area contributed by atoms with Crippen LogP contribution in [0.5, 0.6) is 0 Å². The average Bonchev–Trinajstić information content (AvgIpc) is 2.63. The van der Waals surface area contributed by atoms with Crippen LogP contribution in [-0.4, -0.2) is 15.9 Å². The van der Waals surface area contributed by atoms with Crippen LogP contribution in [0.3, 0.4) is 0 Å². The molecule has 0 saturated carbocycles. The van der Waals surface area contributed by atoms with E-state index < -0.39 is 47.2 Å². The highest BCUT2D eigenvalue weighted by Gasteiger charge is 2.38. The molecule has 7 heteroatoms. The normalized spacial score (nSPS) is 21.0. The first-order valence-corrected chi connectivity index (χ1v) is 6.99. The number of aliphatic hydroxyl groups is 1. The van der Waals surface area contributed by atoms with Gasteiger partial charge in [0.2, 0.25) is 0 Å². The fourth-order valence-electron chi connectivity index (χ4n) is 2.33. The van der Waals surface area contributed by atoms with Gasteiger partial charge in [0.05, 0.1) is 13.5 Å². The highest BCUT2D eigenvalue weighted by atomic mass is 79.9. The Morgan fingerprint density at radius 3 is 2.45 bits per heavy atom. The minimum atomic E-state index is -2.61. The van der Waals surface area contributed by atoms with Crippen molar-refractivity contribution in [2.75, 3.05) is 0 Å². The van der Waals surface area contributed by atoms with E-state index in [1.54, 1.807) is 0 Å². The lowest BCUT2D eigenvalue weighted by Gasteiger charge is -2.21. The fourth-order valence-corrected chi connectivity index (χ4v) is 2.73. The second-order valence-electron chi connectivity index (χ2n) is 4.73. The number of carbonyl (C=O) groups excluding carboxylic acids is 1. The maximum absolute atomic E-state index is 13.9. The third-order valence-electron chi connectivity index (χ3n) is 3.39. The number of hydrogen-bond acceptors (Lipinski definition) is 2. The molecule has 1 aliphatic rings. The van der Waals surface area contributed by atoms with Crippen LogP contribution in [0.1, 0.15) is 29.1 Å². The third kappa shape index (κ3) is 2.30. The summed E-state index contributed by atoms with van der Waals surface area (Å²) in [5.41, 5.74) is -1.23. The summed E-state index contributed by atoms with van der Waals surface area (Å²) in [6.45, 7) is -0.710. The Hall–Kier alpha value is -1.86. The van der Waals surface area contributed by atoms with E-state index in [0.29, 0.717) is 4.90 Å². The summed E-state index contributed by atoms with van der Waals surface area (Å²) in [6, 6.07) is 5.46. The van der Waals surface area contributed by atoms with Crippen molar-refractivity contribution in [3.05, 3.63) is 68.9 Å². The number of amides is 1. The Balaban J connectivity index is 2.06. The van der Waals surface area contributed by atoms with Crippen molar-refractivity contribution in [2.24, 2.45) is 0 Å². The number of hydrogen-bond donors (Lipinski definition) is 1. The molecular weight excluding hydrogens is 363 g/mol. The molecule has 0 spiro atoms. The molecule has 0 bridgehead atoms. The van der Waals surface area contributed by atoms with Crippen LogP contribution in [-0.2, 0) is 6.54 Å². The van der Waals surface area contributed by atoms with Gasteiger partial charge in [-0.05, 0) is 18.2 Å². The topological polar surface area (TPSA) is 40.5 Å². The molecule has 0 fully saturated rings. The molecule has 0 radical (unpaired) electrons. The van der Waals surface area contributed by atoms with Crippen molar-refractivity contribution >= 4 is 21.8 Å². The first kappa shape index (κ1) is 13.8. The van der Waals surface area contributed by atoms with Crippen molar-refractivity contribution in [1.82, 2.24) is 4.90 Å². The lowest BCUT2D eigenvalue weighted by Crippen LogP contribution is -2.28. The van der Waals surface area contributed by atoms with Crippen LogP contribution in [0, 0.1) is 17.5 Å². The summed E-state index contributed by atoms with van der Waals surface area (Å²) in [4.78, 5) is 12.8. The molecular formula is C15H9BrF3NO2. The van der Waals surface area contributed by atoms with Gasteiger partial charge in [-0.25, -0.2) is 13.2 Å². The van der Waals surface area contributed by atoms with Crippen LogP contribution in [0.15, 0.2) is 34.8 Å². The summed E-state index contributed by atoms with van der Waals surface area (Å²) >= 11 is 2.93. The van der Waals surface area contributed by atoms with Gasteiger partial charge in [0.1, 0.15) is 17.5 Å². The molecule has 2 aromatic carbocycles. The first-order chi connectivity index (χ1) is 10.7. The molecule has 0 aliphatic carbocycles. The Labute approximate surface area is 133 Å². The van der Waals surface area contributed by atoms with E-state index in [0.717, 1.165) is 18.2 Å². The fraction of sp³-hybridized carbons (Fsp3) is 0.133.